The number of piperidine rings is 1. The highest BCUT2D eigenvalue weighted by molar-refractivity contribution is 7.89. The molecule has 1 aliphatic rings. The normalized spacial score (nSPS) is 16.0. The summed E-state index contributed by atoms with van der Waals surface area (Å²) in [4.78, 5) is 12.9. The third kappa shape index (κ3) is 4.36. The highest BCUT2D eigenvalue weighted by atomic mass is 32.2. The van der Waals surface area contributed by atoms with E-state index in [0.29, 0.717) is 42.3 Å². The van der Waals surface area contributed by atoms with Gasteiger partial charge in [-0.3, -0.25) is 4.79 Å². The number of amides is 1. The molecule has 0 aromatic heterocycles. The molecule has 0 atom stereocenters. The molecule has 1 amide bonds. The summed E-state index contributed by atoms with van der Waals surface area (Å²) < 4.78 is 32.6. The van der Waals surface area contributed by atoms with Gasteiger partial charge in [-0.1, -0.05) is 23.8 Å². The van der Waals surface area contributed by atoms with E-state index in [0.717, 1.165) is 11.1 Å². The van der Waals surface area contributed by atoms with Gasteiger partial charge in [0.2, 0.25) is 15.9 Å². The topological polar surface area (TPSA) is 75.7 Å². The van der Waals surface area contributed by atoms with Crippen molar-refractivity contribution in [2.24, 2.45) is 5.92 Å². The van der Waals surface area contributed by atoms with Gasteiger partial charge in [-0.25, -0.2) is 8.42 Å². The molecule has 28 heavy (non-hydrogen) atoms. The molecule has 0 bridgehead atoms. The Hall–Kier alpha value is -2.38. The molecular formula is C21H26N2O4S. The van der Waals surface area contributed by atoms with E-state index in [4.69, 9.17) is 4.74 Å². The maximum absolute atomic E-state index is 13.0. The van der Waals surface area contributed by atoms with Crippen molar-refractivity contribution < 1.29 is 17.9 Å². The van der Waals surface area contributed by atoms with Gasteiger partial charge in [0.05, 0.1) is 12.0 Å². The van der Waals surface area contributed by atoms with Gasteiger partial charge < -0.3 is 10.1 Å². The number of hydrogen-bond acceptors (Lipinski definition) is 4. The third-order valence-electron chi connectivity index (χ3n) is 5.11. The van der Waals surface area contributed by atoms with E-state index >= 15 is 0 Å². The van der Waals surface area contributed by atoms with Crippen LogP contribution in [-0.2, 0) is 14.8 Å². The van der Waals surface area contributed by atoms with Gasteiger partial charge in [0.15, 0.2) is 0 Å². The number of nitrogens with zero attached hydrogens (tertiary/aromatic N) is 1. The van der Waals surface area contributed by atoms with Crippen molar-refractivity contribution in [2.45, 2.75) is 31.6 Å². The molecule has 1 aliphatic heterocycles. The Morgan fingerprint density at radius 3 is 2.46 bits per heavy atom. The summed E-state index contributed by atoms with van der Waals surface area (Å²) in [5.41, 5.74) is 2.46. The van der Waals surface area contributed by atoms with Crippen LogP contribution in [0.2, 0.25) is 0 Å². The van der Waals surface area contributed by atoms with Crippen LogP contribution in [0.1, 0.15) is 24.0 Å². The fraction of sp³-hybridized carbons (Fsp3) is 0.381. The summed E-state index contributed by atoms with van der Waals surface area (Å²) in [6.07, 6.45) is 1.000. The lowest BCUT2D eigenvalue weighted by Crippen LogP contribution is -2.41. The first-order chi connectivity index (χ1) is 13.3. The molecule has 6 nitrogen and oxygen atoms in total. The maximum Gasteiger partial charge on any atom is 0.243 e. The molecule has 3 rings (SSSR count). The zero-order chi connectivity index (χ0) is 20.3. The number of benzene rings is 2. The molecule has 0 aliphatic carbocycles. The number of sulfonamides is 1. The SMILES string of the molecule is COc1cccc(NC(=O)C2CCN(S(=O)(=O)c3ccc(C)cc3C)CC2)c1. The Labute approximate surface area is 166 Å². The molecular weight excluding hydrogens is 376 g/mol. The van der Waals surface area contributed by atoms with Crippen LogP contribution in [0.5, 0.6) is 5.75 Å². The maximum atomic E-state index is 13.0. The molecule has 0 spiro atoms. The Bertz CT molecular complexity index is 964. The molecule has 1 N–H and O–H groups in total. The molecule has 150 valence electrons. The fourth-order valence-electron chi connectivity index (χ4n) is 3.53. The van der Waals surface area contributed by atoms with Crippen molar-refractivity contribution in [2.75, 3.05) is 25.5 Å². The largest absolute Gasteiger partial charge is 0.497 e. The quantitative estimate of drug-likeness (QED) is 0.832. The number of nitrogens with one attached hydrogen (secondary N) is 1. The molecule has 0 unspecified atom stereocenters. The van der Waals surface area contributed by atoms with Gasteiger partial charge in [0, 0.05) is 30.8 Å². The van der Waals surface area contributed by atoms with Crippen LogP contribution in [0.4, 0.5) is 5.69 Å². The summed E-state index contributed by atoms with van der Waals surface area (Å²) >= 11 is 0. The van der Waals surface area contributed by atoms with Gasteiger partial charge >= 0.3 is 0 Å². The van der Waals surface area contributed by atoms with Crippen LogP contribution in [-0.4, -0.2) is 38.8 Å². The van der Waals surface area contributed by atoms with Gasteiger partial charge in [0.25, 0.3) is 0 Å². The van der Waals surface area contributed by atoms with Crippen molar-refractivity contribution >= 4 is 21.6 Å². The van der Waals surface area contributed by atoms with Crippen LogP contribution in [0.25, 0.3) is 0 Å². The lowest BCUT2D eigenvalue weighted by molar-refractivity contribution is -0.120. The number of ether oxygens (including phenoxy) is 1. The lowest BCUT2D eigenvalue weighted by atomic mass is 9.97. The van der Waals surface area contributed by atoms with Gasteiger partial charge in [0.1, 0.15) is 5.75 Å². The van der Waals surface area contributed by atoms with Gasteiger partial charge in [-0.2, -0.15) is 4.31 Å². The van der Waals surface area contributed by atoms with E-state index in [9.17, 15) is 13.2 Å². The van der Waals surface area contributed by atoms with E-state index in [-0.39, 0.29) is 11.8 Å². The summed E-state index contributed by atoms with van der Waals surface area (Å²) in [5.74, 6) is 0.376. The molecule has 1 heterocycles. The summed E-state index contributed by atoms with van der Waals surface area (Å²) in [5, 5.41) is 2.90. The Balaban J connectivity index is 1.64. The van der Waals surface area contributed by atoms with Crippen molar-refractivity contribution in [3.8, 4) is 5.75 Å². The highest BCUT2D eigenvalue weighted by Crippen LogP contribution is 2.27. The molecule has 2 aromatic rings. The fourth-order valence-corrected chi connectivity index (χ4v) is 5.21. The standard InChI is InChI=1S/C21H26N2O4S/c1-15-7-8-20(16(2)13-15)28(25,26)23-11-9-17(10-12-23)21(24)22-18-5-4-6-19(14-18)27-3/h4-8,13-14,17H,9-12H2,1-3H3,(H,22,24). The first kappa shape index (κ1) is 20.4. The zero-order valence-electron chi connectivity index (χ0n) is 16.4. The molecule has 1 fully saturated rings. The van der Waals surface area contributed by atoms with E-state index in [1.807, 2.05) is 38.1 Å². The van der Waals surface area contributed by atoms with Crippen LogP contribution in [0.15, 0.2) is 47.4 Å². The number of carbonyl (C=O) groups excluding carboxylic acids is 1. The van der Waals surface area contributed by atoms with E-state index in [1.54, 1.807) is 25.3 Å². The molecule has 0 radical (unpaired) electrons. The highest BCUT2D eigenvalue weighted by Gasteiger charge is 2.32. The second-order valence-electron chi connectivity index (χ2n) is 7.17. The first-order valence-corrected chi connectivity index (χ1v) is 10.8. The Morgan fingerprint density at radius 1 is 1.11 bits per heavy atom. The number of rotatable bonds is 5. The Morgan fingerprint density at radius 2 is 1.82 bits per heavy atom. The Kier molecular flexibility index (Phi) is 6.05. The second kappa shape index (κ2) is 8.32. The van der Waals surface area contributed by atoms with E-state index in [2.05, 4.69) is 5.32 Å². The van der Waals surface area contributed by atoms with Gasteiger partial charge in [-0.15, -0.1) is 0 Å². The smallest absolute Gasteiger partial charge is 0.243 e. The number of anilines is 1. The minimum Gasteiger partial charge on any atom is -0.497 e. The summed E-state index contributed by atoms with van der Waals surface area (Å²) in [6.45, 7) is 4.43. The average molecular weight is 403 g/mol. The third-order valence-corrected chi connectivity index (χ3v) is 7.17. The number of methoxy groups -OCH3 is 1. The van der Waals surface area contributed by atoms with Crippen molar-refractivity contribution in [1.29, 1.82) is 0 Å². The zero-order valence-corrected chi connectivity index (χ0v) is 17.3. The first-order valence-electron chi connectivity index (χ1n) is 9.33. The monoisotopic (exact) mass is 402 g/mol. The number of hydrogen-bond donors (Lipinski definition) is 1. The van der Waals surface area contributed by atoms with Crippen molar-refractivity contribution in [3.05, 3.63) is 53.6 Å². The summed E-state index contributed by atoms with van der Waals surface area (Å²) in [7, 11) is -1.97. The lowest BCUT2D eigenvalue weighted by Gasteiger charge is -2.31. The average Bonchev–Trinajstić information content (AvgIpc) is 2.68. The van der Waals surface area contributed by atoms with Crippen molar-refractivity contribution in [1.82, 2.24) is 4.31 Å². The van der Waals surface area contributed by atoms with Crippen LogP contribution >= 0.6 is 0 Å². The van der Waals surface area contributed by atoms with E-state index in [1.165, 1.54) is 4.31 Å². The second-order valence-corrected chi connectivity index (χ2v) is 9.07. The minimum absolute atomic E-state index is 0.0863. The predicted octanol–water partition coefficient (Wildman–Crippen LogP) is 3.35. The van der Waals surface area contributed by atoms with Crippen LogP contribution in [0.3, 0.4) is 0 Å². The van der Waals surface area contributed by atoms with Crippen LogP contribution < -0.4 is 10.1 Å². The number of aryl methyl sites for hydroxylation is 2. The molecule has 1 saturated heterocycles. The molecule has 0 saturated carbocycles. The molecule has 7 heteroatoms. The van der Waals surface area contributed by atoms with Crippen molar-refractivity contribution in [3.63, 3.8) is 0 Å². The number of carbonyl (C=O) groups is 1. The van der Waals surface area contributed by atoms with Crippen LogP contribution in [0, 0.1) is 19.8 Å². The van der Waals surface area contributed by atoms with E-state index < -0.39 is 10.0 Å². The van der Waals surface area contributed by atoms with Gasteiger partial charge in [-0.05, 0) is 50.5 Å². The summed E-state index contributed by atoms with van der Waals surface area (Å²) in [6, 6.07) is 12.6. The predicted molar refractivity (Wildman–Crippen MR) is 109 cm³/mol. The molecule has 2 aromatic carbocycles. The minimum atomic E-state index is -3.54.